The van der Waals surface area contributed by atoms with E-state index >= 15 is 0 Å². The van der Waals surface area contributed by atoms with E-state index in [4.69, 9.17) is 6.92 Å². The van der Waals surface area contributed by atoms with Gasteiger partial charge in [0.1, 0.15) is 6.29 Å². The third-order valence-electron chi connectivity index (χ3n) is 0.830. The third kappa shape index (κ3) is 3.81. The number of methoxy groups -OCH3 is 1. The summed E-state index contributed by atoms with van der Waals surface area (Å²) in [4.78, 5) is 9.83. The van der Waals surface area contributed by atoms with Crippen LogP contribution in [0.1, 0.15) is 6.42 Å². The molecular formula is C6H10O2. The monoisotopic (exact) mass is 114 g/mol. The number of ether oxygens (including phenoxy) is 1. The maximum atomic E-state index is 9.83. The molecule has 0 aromatic heterocycles. The molecule has 0 aliphatic carbocycles. The highest BCUT2D eigenvalue weighted by Crippen LogP contribution is 1.94. The number of aldehydes is 1. The summed E-state index contributed by atoms with van der Waals surface area (Å²) in [5.41, 5.74) is 0. The molecule has 2 nitrogen and oxygen atoms in total. The summed E-state index contributed by atoms with van der Waals surface area (Å²) in [6, 6.07) is 0. The minimum Gasteiger partial charge on any atom is -0.385 e. The van der Waals surface area contributed by atoms with E-state index in [-0.39, 0.29) is 5.92 Å². The molecule has 0 bridgehead atoms. The van der Waals surface area contributed by atoms with Gasteiger partial charge in [-0.05, 0) is 13.3 Å². The van der Waals surface area contributed by atoms with Crippen molar-refractivity contribution in [3.63, 3.8) is 0 Å². The fraction of sp³-hybridized carbons (Fsp3) is 0.667. The first-order chi connectivity index (χ1) is 3.81. The maximum absolute atomic E-state index is 9.83. The Balaban J connectivity index is 2.98. The number of hydrogen-bond acceptors (Lipinski definition) is 2. The van der Waals surface area contributed by atoms with Crippen molar-refractivity contribution in [3.8, 4) is 0 Å². The van der Waals surface area contributed by atoms with Crippen molar-refractivity contribution in [2.75, 3.05) is 13.7 Å². The van der Waals surface area contributed by atoms with Crippen LogP contribution in [0, 0.1) is 12.8 Å². The Labute approximate surface area is 49.8 Å². The molecule has 0 aliphatic heterocycles. The van der Waals surface area contributed by atoms with Crippen LogP contribution in [0.5, 0.6) is 0 Å². The highest BCUT2D eigenvalue weighted by atomic mass is 16.5. The van der Waals surface area contributed by atoms with E-state index < -0.39 is 0 Å². The van der Waals surface area contributed by atoms with Gasteiger partial charge >= 0.3 is 0 Å². The first-order valence-electron chi connectivity index (χ1n) is 2.51. The van der Waals surface area contributed by atoms with Crippen LogP contribution in [0.2, 0.25) is 0 Å². The molecular weight excluding hydrogens is 104 g/mol. The van der Waals surface area contributed by atoms with Crippen LogP contribution in [0.4, 0.5) is 0 Å². The van der Waals surface area contributed by atoms with E-state index in [1.54, 1.807) is 7.11 Å². The van der Waals surface area contributed by atoms with Gasteiger partial charge in [-0.1, -0.05) is 0 Å². The Kier molecular flexibility index (Phi) is 4.56. The van der Waals surface area contributed by atoms with Crippen LogP contribution in [0.25, 0.3) is 0 Å². The molecule has 0 unspecified atom stereocenters. The zero-order valence-corrected chi connectivity index (χ0v) is 4.96. The molecule has 0 aromatic carbocycles. The molecule has 0 aliphatic rings. The van der Waals surface area contributed by atoms with Crippen molar-refractivity contribution >= 4 is 6.29 Å². The van der Waals surface area contributed by atoms with Gasteiger partial charge in [0.25, 0.3) is 0 Å². The van der Waals surface area contributed by atoms with Crippen molar-refractivity contribution in [1.82, 2.24) is 0 Å². The number of carbonyl (C=O) groups is 1. The van der Waals surface area contributed by atoms with Crippen molar-refractivity contribution in [1.29, 1.82) is 0 Å². The van der Waals surface area contributed by atoms with Crippen molar-refractivity contribution < 1.29 is 9.53 Å². The predicted molar refractivity (Wildman–Crippen MR) is 30.3 cm³/mol. The van der Waals surface area contributed by atoms with E-state index in [1.807, 2.05) is 0 Å². The Bertz CT molecular complexity index is 61.5. The molecule has 0 saturated heterocycles. The van der Waals surface area contributed by atoms with Gasteiger partial charge in [0.15, 0.2) is 0 Å². The molecule has 1 atom stereocenters. The Morgan fingerprint density at radius 1 is 1.88 bits per heavy atom. The van der Waals surface area contributed by atoms with Gasteiger partial charge in [0, 0.05) is 19.6 Å². The van der Waals surface area contributed by atoms with Gasteiger partial charge in [-0.2, -0.15) is 0 Å². The van der Waals surface area contributed by atoms with Gasteiger partial charge < -0.3 is 9.53 Å². The van der Waals surface area contributed by atoms with Gasteiger partial charge in [-0.25, -0.2) is 0 Å². The van der Waals surface area contributed by atoms with Gasteiger partial charge in [0.2, 0.25) is 0 Å². The second-order valence-electron chi connectivity index (χ2n) is 1.58. The molecule has 0 fully saturated rings. The van der Waals surface area contributed by atoms with Crippen LogP contribution < -0.4 is 0 Å². The van der Waals surface area contributed by atoms with Gasteiger partial charge in [-0.3, -0.25) is 0 Å². The lowest BCUT2D eigenvalue weighted by Gasteiger charge is -1.98. The molecule has 0 N–H and O–H groups in total. The van der Waals surface area contributed by atoms with E-state index in [9.17, 15) is 4.79 Å². The summed E-state index contributed by atoms with van der Waals surface area (Å²) < 4.78 is 4.68. The average molecular weight is 114 g/mol. The first-order valence-corrected chi connectivity index (χ1v) is 2.51. The first kappa shape index (κ1) is 7.63. The lowest BCUT2D eigenvalue weighted by molar-refractivity contribution is -0.110. The minimum absolute atomic E-state index is 0.352. The highest BCUT2D eigenvalue weighted by molar-refractivity contribution is 5.54. The van der Waals surface area contributed by atoms with Crippen LogP contribution in [0.15, 0.2) is 0 Å². The summed E-state index contributed by atoms with van der Waals surface area (Å²) in [7, 11) is 1.58. The van der Waals surface area contributed by atoms with Crippen molar-refractivity contribution in [2.24, 2.45) is 5.92 Å². The fourth-order valence-corrected chi connectivity index (χ4v) is 0.322. The SMILES string of the molecule is [CH][C@H](C=O)CCOC. The molecule has 0 aromatic rings. The summed E-state index contributed by atoms with van der Waals surface area (Å²) in [6.07, 6.45) is 1.33. The Morgan fingerprint density at radius 2 is 2.50 bits per heavy atom. The van der Waals surface area contributed by atoms with Gasteiger partial charge in [-0.15, -0.1) is 0 Å². The maximum Gasteiger partial charge on any atom is 0.123 e. The molecule has 2 heteroatoms. The van der Waals surface area contributed by atoms with E-state index in [0.29, 0.717) is 13.0 Å². The zero-order valence-electron chi connectivity index (χ0n) is 4.96. The second-order valence-corrected chi connectivity index (χ2v) is 1.58. The smallest absolute Gasteiger partial charge is 0.123 e. The number of hydrogen-bond donors (Lipinski definition) is 0. The summed E-state index contributed by atoms with van der Waals surface area (Å²) in [5, 5.41) is 0. The average Bonchev–Trinajstić information content (AvgIpc) is 1.83. The normalized spacial score (nSPS) is 13.2. The quantitative estimate of drug-likeness (QED) is 0.499. The van der Waals surface area contributed by atoms with Crippen LogP contribution in [0.3, 0.4) is 0 Å². The third-order valence-corrected chi connectivity index (χ3v) is 0.830. The number of rotatable bonds is 4. The Hall–Kier alpha value is -0.370. The lowest BCUT2D eigenvalue weighted by Crippen LogP contribution is -2.00. The molecule has 2 radical (unpaired) electrons. The molecule has 0 saturated carbocycles. The largest absolute Gasteiger partial charge is 0.385 e. The highest BCUT2D eigenvalue weighted by Gasteiger charge is 1.96. The standard InChI is InChI=1S/C6H10O2/c1-6(5-7)3-4-8-2/h1,5-6H,3-4H2,2H3/t6-/m0/s1. The van der Waals surface area contributed by atoms with E-state index in [2.05, 4.69) is 4.74 Å². The van der Waals surface area contributed by atoms with Crippen LogP contribution in [-0.4, -0.2) is 20.0 Å². The topological polar surface area (TPSA) is 26.3 Å². The van der Waals surface area contributed by atoms with Crippen LogP contribution in [-0.2, 0) is 9.53 Å². The Morgan fingerprint density at radius 3 is 2.88 bits per heavy atom. The predicted octanol–water partition coefficient (Wildman–Crippen LogP) is 0.549. The minimum atomic E-state index is -0.352. The fourth-order valence-electron chi connectivity index (χ4n) is 0.322. The van der Waals surface area contributed by atoms with E-state index in [1.165, 1.54) is 0 Å². The molecule has 0 spiro atoms. The van der Waals surface area contributed by atoms with Crippen molar-refractivity contribution in [3.05, 3.63) is 6.92 Å². The van der Waals surface area contributed by atoms with Crippen LogP contribution >= 0.6 is 0 Å². The molecule has 0 amide bonds. The lowest BCUT2D eigenvalue weighted by atomic mass is 10.1. The molecule has 8 heavy (non-hydrogen) atoms. The summed E-state index contributed by atoms with van der Waals surface area (Å²) in [5.74, 6) is -0.352. The number of carbonyl (C=O) groups excluding carboxylic acids is 1. The molecule has 46 valence electrons. The zero-order chi connectivity index (χ0) is 6.41. The summed E-state index contributed by atoms with van der Waals surface area (Å²) >= 11 is 0. The van der Waals surface area contributed by atoms with Gasteiger partial charge in [0.05, 0.1) is 0 Å². The second kappa shape index (κ2) is 4.78. The van der Waals surface area contributed by atoms with Crippen molar-refractivity contribution in [2.45, 2.75) is 6.42 Å². The molecule has 0 rings (SSSR count). The summed E-state index contributed by atoms with van der Waals surface area (Å²) in [6.45, 7) is 5.77. The molecule has 0 heterocycles. The van der Waals surface area contributed by atoms with E-state index in [0.717, 1.165) is 6.29 Å².